The second-order valence-corrected chi connectivity index (χ2v) is 6.98. The fourth-order valence-corrected chi connectivity index (χ4v) is 3.99. The van der Waals surface area contributed by atoms with Crippen molar-refractivity contribution in [2.24, 2.45) is 0 Å². The van der Waals surface area contributed by atoms with Crippen LogP contribution in [0.2, 0.25) is 0 Å². The molecule has 2 heterocycles. The van der Waals surface area contributed by atoms with Crippen molar-refractivity contribution in [1.82, 2.24) is 9.88 Å². The van der Waals surface area contributed by atoms with E-state index in [-0.39, 0.29) is 5.91 Å². The maximum Gasteiger partial charge on any atom is 0.226 e. The fraction of sp³-hybridized carbons (Fsp3) is 0.444. The van der Waals surface area contributed by atoms with Crippen molar-refractivity contribution in [2.75, 3.05) is 13.1 Å². The number of hydrogen-bond donors (Lipinski definition) is 0. The number of hydrogen-bond acceptors (Lipinski definition) is 3. The van der Waals surface area contributed by atoms with E-state index >= 15 is 0 Å². The highest BCUT2D eigenvalue weighted by atomic mass is 32.1. The summed E-state index contributed by atoms with van der Waals surface area (Å²) in [4.78, 5) is 19.1. The Labute approximate surface area is 136 Å². The van der Waals surface area contributed by atoms with Gasteiger partial charge in [-0.15, -0.1) is 11.3 Å². The number of benzene rings is 1. The number of aryl methyl sites for hydroxylation is 2. The highest BCUT2D eigenvalue weighted by Crippen LogP contribution is 2.30. The molecule has 1 amide bonds. The first-order valence-electron chi connectivity index (χ1n) is 7.88. The zero-order chi connectivity index (χ0) is 15.5. The van der Waals surface area contributed by atoms with Crippen molar-refractivity contribution in [1.29, 1.82) is 0 Å². The van der Waals surface area contributed by atoms with Crippen molar-refractivity contribution in [3.8, 4) is 0 Å². The van der Waals surface area contributed by atoms with Crippen molar-refractivity contribution >= 4 is 17.2 Å². The maximum atomic E-state index is 12.5. The monoisotopic (exact) mass is 314 g/mol. The lowest BCUT2D eigenvalue weighted by molar-refractivity contribution is -0.131. The Bertz CT molecular complexity index is 657. The summed E-state index contributed by atoms with van der Waals surface area (Å²) in [6, 6.07) is 8.15. The smallest absolute Gasteiger partial charge is 0.226 e. The van der Waals surface area contributed by atoms with E-state index in [1.54, 1.807) is 11.3 Å². The second-order valence-electron chi connectivity index (χ2n) is 6.09. The first-order valence-corrected chi connectivity index (χ1v) is 8.76. The van der Waals surface area contributed by atoms with Crippen molar-refractivity contribution in [2.45, 2.75) is 39.0 Å². The molecular formula is C18H22N2OS. The van der Waals surface area contributed by atoms with E-state index in [0.29, 0.717) is 12.3 Å². The van der Waals surface area contributed by atoms with Gasteiger partial charge >= 0.3 is 0 Å². The topological polar surface area (TPSA) is 33.2 Å². The molecule has 1 aromatic heterocycles. The van der Waals surface area contributed by atoms with Crippen LogP contribution in [0, 0.1) is 13.8 Å². The average Bonchev–Trinajstić information content (AvgIpc) is 2.96. The summed E-state index contributed by atoms with van der Waals surface area (Å²) in [6.45, 7) is 5.82. The minimum atomic E-state index is 0.253. The second kappa shape index (κ2) is 6.61. The summed E-state index contributed by atoms with van der Waals surface area (Å²) in [6.07, 6.45) is 2.59. The highest BCUT2D eigenvalue weighted by Gasteiger charge is 2.25. The molecular weight excluding hydrogens is 292 g/mol. The predicted octanol–water partition coefficient (Wildman–Crippen LogP) is 3.71. The summed E-state index contributed by atoms with van der Waals surface area (Å²) in [5.74, 6) is 0.782. The van der Waals surface area contributed by atoms with E-state index in [1.807, 2.05) is 24.0 Å². The average molecular weight is 314 g/mol. The van der Waals surface area contributed by atoms with E-state index < -0.39 is 0 Å². The Balaban J connectivity index is 1.57. The van der Waals surface area contributed by atoms with Crippen LogP contribution in [0.4, 0.5) is 0 Å². The van der Waals surface area contributed by atoms with E-state index in [0.717, 1.165) is 37.2 Å². The Morgan fingerprint density at radius 2 is 2.00 bits per heavy atom. The molecule has 0 spiro atoms. The molecule has 4 heteroatoms. The molecule has 0 N–H and O–H groups in total. The minimum absolute atomic E-state index is 0.253. The number of amides is 1. The molecule has 1 fully saturated rings. The standard InChI is InChI=1S/C18H22N2OS/c1-13-5-3-4-6-16(13)11-17(21)20-9-7-15(8-10-20)18-19-14(2)12-22-18/h3-6,12,15H,7-11H2,1-2H3. The molecule has 1 aromatic carbocycles. The van der Waals surface area contributed by atoms with Crippen LogP contribution in [0.25, 0.3) is 0 Å². The van der Waals surface area contributed by atoms with Crippen molar-refractivity contribution < 1.29 is 4.79 Å². The molecule has 2 aromatic rings. The molecule has 22 heavy (non-hydrogen) atoms. The largest absolute Gasteiger partial charge is 0.342 e. The van der Waals surface area contributed by atoms with Crippen LogP contribution in [0.3, 0.4) is 0 Å². The minimum Gasteiger partial charge on any atom is -0.342 e. The lowest BCUT2D eigenvalue weighted by Crippen LogP contribution is -2.38. The zero-order valence-electron chi connectivity index (χ0n) is 13.2. The van der Waals surface area contributed by atoms with Gasteiger partial charge in [0.15, 0.2) is 0 Å². The van der Waals surface area contributed by atoms with E-state index in [4.69, 9.17) is 0 Å². The predicted molar refractivity (Wildman–Crippen MR) is 90.3 cm³/mol. The molecule has 0 aliphatic carbocycles. The highest BCUT2D eigenvalue weighted by molar-refractivity contribution is 7.09. The van der Waals surface area contributed by atoms with Crippen LogP contribution in [0.5, 0.6) is 0 Å². The normalized spacial score (nSPS) is 16.0. The molecule has 1 saturated heterocycles. The maximum absolute atomic E-state index is 12.5. The third kappa shape index (κ3) is 3.38. The Morgan fingerprint density at radius 3 is 2.64 bits per heavy atom. The molecule has 3 rings (SSSR count). The molecule has 1 aliphatic rings. The first kappa shape index (κ1) is 15.2. The quantitative estimate of drug-likeness (QED) is 0.865. The Hall–Kier alpha value is -1.68. The van der Waals surface area contributed by atoms with E-state index in [2.05, 4.69) is 29.4 Å². The van der Waals surface area contributed by atoms with Gasteiger partial charge < -0.3 is 4.90 Å². The van der Waals surface area contributed by atoms with Gasteiger partial charge in [-0.25, -0.2) is 4.98 Å². The third-order valence-corrected chi connectivity index (χ3v) is 5.56. The molecule has 3 nitrogen and oxygen atoms in total. The van der Waals surface area contributed by atoms with Crippen LogP contribution < -0.4 is 0 Å². The number of carbonyl (C=O) groups excluding carboxylic acids is 1. The Morgan fingerprint density at radius 1 is 1.27 bits per heavy atom. The molecule has 0 atom stereocenters. The SMILES string of the molecule is Cc1csc(C2CCN(C(=O)Cc3ccccc3C)CC2)n1. The van der Waals surface area contributed by atoms with Gasteiger partial charge in [0.25, 0.3) is 0 Å². The van der Waals surface area contributed by atoms with Crippen LogP contribution in [-0.4, -0.2) is 28.9 Å². The third-order valence-electron chi connectivity index (χ3n) is 4.44. The lowest BCUT2D eigenvalue weighted by atomic mass is 9.96. The number of aromatic nitrogens is 1. The number of rotatable bonds is 3. The lowest BCUT2D eigenvalue weighted by Gasteiger charge is -2.31. The van der Waals surface area contributed by atoms with Crippen LogP contribution >= 0.6 is 11.3 Å². The first-order chi connectivity index (χ1) is 10.6. The van der Waals surface area contributed by atoms with Crippen LogP contribution in [0.15, 0.2) is 29.6 Å². The number of carbonyl (C=O) groups is 1. The summed E-state index contributed by atoms with van der Waals surface area (Å²) >= 11 is 1.76. The molecule has 1 aliphatic heterocycles. The van der Waals surface area contributed by atoms with Gasteiger partial charge in [0, 0.05) is 30.1 Å². The van der Waals surface area contributed by atoms with E-state index in [1.165, 1.54) is 10.6 Å². The Kier molecular flexibility index (Phi) is 4.57. The van der Waals surface area contributed by atoms with Crippen molar-refractivity contribution in [3.05, 3.63) is 51.5 Å². The van der Waals surface area contributed by atoms with Gasteiger partial charge in [-0.1, -0.05) is 24.3 Å². The molecule has 0 saturated carbocycles. The number of thiazole rings is 1. The summed E-state index contributed by atoms with van der Waals surface area (Å²) < 4.78 is 0. The van der Waals surface area contributed by atoms with Crippen LogP contribution in [0.1, 0.15) is 40.6 Å². The van der Waals surface area contributed by atoms with Gasteiger partial charge in [-0.2, -0.15) is 0 Å². The summed E-state index contributed by atoms with van der Waals surface area (Å²) in [7, 11) is 0. The van der Waals surface area contributed by atoms with Gasteiger partial charge in [0.2, 0.25) is 5.91 Å². The zero-order valence-corrected chi connectivity index (χ0v) is 14.0. The van der Waals surface area contributed by atoms with Gasteiger partial charge in [-0.05, 0) is 37.8 Å². The van der Waals surface area contributed by atoms with Gasteiger partial charge in [0.1, 0.15) is 0 Å². The number of piperidine rings is 1. The fourth-order valence-electron chi connectivity index (χ4n) is 3.02. The van der Waals surface area contributed by atoms with Gasteiger partial charge in [0.05, 0.1) is 11.4 Å². The van der Waals surface area contributed by atoms with Crippen molar-refractivity contribution in [3.63, 3.8) is 0 Å². The van der Waals surface area contributed by atoms with Gasteiger partial charge in [-0.3, -0.25) is 4.79 Å². The summed E-state index contributed by atoms with van der Waals surface area (Å²) in [5, 5.41) is 3.36. The molecule has 0 unspecified atom stereocenters. The van der Waals surface area contributed by atoms with Crippen LogP contribution in [-0.2, 0) is 11.2 Å². The summed E-state index contributed by atoms with van der Waals surface area (Å²) in [5.41, 5.74) is 3.45. The molecule has 0 bridgehead atoms. The number of nitrogens with zero attached hydrogens (tertiary/aromatic N) is 2. The molecule has 0 radical (unpaired) electrons. The number of likely N-dealkylation sites (tertiary alicyclic amines) is 1. The molecule has 116 valence electrons. The van der Waals surface area contributed by atoms with E-state index in [9.17, 15) is 4.79 Å².